The first-order valence-corrected chi connectivity index (χ1v) is 27.4. The number of furan rings is 1. The van der Waals surface area contributed by atoms with Gasteiger partial charge in [-0.05, 0) is 59.4 Å². The maximum atomic E-state index is 14.0. The fourth-order valence-corrected chi connectivity index (χ4v) is 11.1. The Balaban J connectivity index is 0.000000220. The first-order chi connectivity index (χ1) is 28.1. The second-order valence-electron chi connectivity index (χ2n) is 16.9. The van der Waals surface area contributed by atoms with Gasteiger partial charge >= 0.3 is 120 Å². The molecular weight excluding hydrogens is 968 g/mol. The van der Waals surface area contributed by atoms with Crippen molar-refractivity contribution in [3.8, 4) is 28.3 Å². The van der Waals surface area contributed by atoms with Crippen LogP contribution in [0.4, 0.5) is 4.39 Å². The molecule has 0 saturated carbocycles. The van der Waals surface area contributed by atoms with Crippen LogP contribution in [0.2, 0.25) is 17.3 Å². The van der Waals surface area contributed by atoms with Crippen molar-refractivity contribution in [2.24, 2.45) is 0 Å². The topological polar surface area (TPSA) is 56.7 Å². The molecule has 8 heteroatoms. The molecule has 4 heterocycles. The van der Waals surface area contributed by atoms with Gasteiger partial charge in [0.2, 0.25) is 5.71 Å². The van der Waals surface area contributed by atoms with Crippen molar-refractivity contribution in [1.82, 2.24) is 19.5 Å². The predicted octanol–water partition coefficient (Wildman–Crippen LogP) is 13.5. The number of para-hydroxylation sites is 3. The summed E-state index contributed by atoms with van der Waals surface area (Å²) in [4.78, 5) is 14.5. The second kappa shape index (κ2) is 17.0. The van der Waals surface area contributed by atoms with Gasteiger partial charge in [-0.1, -0.05) is 69.0 Å². The van der Waals surface area contributed by atoms with E-state index in [1.54, 1.807) is 6.07 Å². The van der Waals surface area contributed by atoms with Crippen molar-refractivity contribution in [2.75, 3.05) is 0 Å². The molecule has 0 saturated heterocycles. The van der Waals surface area contributed by atoms with Gasteiger partial charge in [0, 0.05) is 36.6 Å². The monoisotopic (exact) mass is 1020 g/mol. The molecule has 1 radical (unpaired) electrons. The maximum absolute atomic E-state index is 14.0. The molecule has 9 rings (SSSR count). The van der Waals surface area contributed by atoms with Gasteiger partial charge in [0.15, 0.2) is 0 Å². The second-order valence-corrected chi connectivity index (χ2v) is 27.4. The number of rotatable bonds is 7. The fourth-order valence-electron chi connectivity index (χ4n) is 7.82. The normalized spacial score (nSPS) is 12.3. The van der Waals surface area contributed by atoms with E-state index in [0.717, 1.165) is 61.1 Å². The summed E-state index contributed by atoms with van der Waals surface area (Å²) in [5.74, 6) is 7.56. The zero-order valence-corrected chi connectivity index (χ0v) is 39.5. The molecule has 0 amide bonds. The Morgan fingerprint density at radius 2 is 1.46 bits per heavy atom. The number of halogens is 1. The Kier molecular flexibility index (Phi) is 11.7. The van der Waals surface area contributed by atoms with E-state index >= 15 is 0 Å². The van der Waals surface area contributed by atoms with Crippen LogP contribution in [0.15, 0.2) is 120 Å². The van der Waals surface area contributed by atoms with Crippen LogP contribution in [0.1, 0.15) is 77.3 Å². The third kappa shape index (κ3) is 8.18. The zero-order chi connectivity index (χ0) is 41.8. The molecular formula is C51H49FGeIrN4O-2. The maximum Gasteiger partial charge on any atom is 0 e. The van der Waals surface area contributed by atoms with Crippen LogP contribution in [0, 0.1) is 17.9 Å². The van der Waals surface area contributed by atoms with Crippen molar-refractivity contribution in [1.29, 1.82) is 0 Å². The van der Waals surface area contributed by atoms with Crippen LogP contribution in [-0.2, 0) is 20.1 Å². The van der Waals surface area contributed by atoms with Crippen LogP contribution in [0.3, 0.4) is 0 Å². The van der Waals surface area contributed by atoms with Gasteiger partial charge in [-0.25, -0.2) is 9.37 Å². The molecule has 0 unspecified atom stereocenters. The van der Waals surface area contributed by atoms with Crippen molar-refractivity contribution < 1.29 is 30.3 Å². The summed E-state index contributed by atoms with van der Waals surface area (Å²) >= 11 is -2.03. The Labute approximate surface area is 364 Å². The van der Waals surface area contributed by atoms with Crippen LogP contribution in [0.5, 0.6) is 0 Å². The van der Waals surface area contributed by atoms with Crippen LogP contribution in [-0.4, -0.2) is 32.8 Å². The molecule has 9 aromatic rings. The summed E-state index contributed by atoms with van der Waals surface area (Å²) in [7, 11) is 0. The quantitative estimate of drug-likeness (QED) is 0.118. The van der Waals surface area contributed by atoms with Crippen LogP contribution < -0.4 is 4.40 Å². The molecule has 0 aliphatic rings. The number of fused-ring (bicyclic) bond motifs is 5. The van der Waals surface area contributed by atoms with Crippen molar-refractivity contribution in [3.05, 3.63) is 150 Å². The van der Waals surface area contributed by atoms with E-state index in [9.17, 15) is 4.39 Å². The van der Waals surface area contributed by atoms with Gasteiger partial charge in [0.1, 0.15) is 5.82 Å². The molecule has 0 atom stereocenters. The summed E-state index contributed by atoms with van der Waals surface area (Å²) in [6.45, 7) is 12.8. The third-order valence-electron chi connectivity index (χ3n) is 10.8. The van der Waals surface area contributed by atoms with E-state index in [2.05, 4.69) is 103 Å². The minimum absolute atomic E-state index is 0. The smallest absolute Gasteiger partial charge is 0 e. The molecule has 5 aromatic carbocycles. The van der Waals surface area contributed by atoms with E-state index in [0.29, 0.717) is 28.6 Å². The SMILES string of the molecule is CC(C)c1cccc(C(C)C)c1-n1c(-c2[c-]ccc3c2oc2nc4ccc(F)cc4cc23)nc2ccccc21.[2H]C(C)(C)c1cc(-c2[c-]cccc2)nc[c]1[Ge]([CH3])([CH3])[CH3].[Ir]. The van der Waals surface area contributed by atoms with Crippen LogP contribution in [0.25, 0.3) is 72.3 Å². The van der Waals surface area contributed by atoms with Crippen LogP contribution >= 0.6 is 0 Å². The molecule has 0 fully saturated rings. The number of imidazole rings is 1. The Morgan fingerprint density at radius 3 is 2.14 bits per heavy atom. The molecule has 0 spiro atoms. The van der Waals surface area contributed by atoms with E-state index in [4.69, 9.17) is 15.8 Å². The summed E-state index contributed by atoms with van der Waals surface area (Å²) in [5.41, 5.74) is 11.3. The Morgan fingerprint density at radius 1 is 0.729 bits per heavy atom. The van der Waals surface area contributed by atoms with Gasteiger partial charge in [-0.3, -0.25) is 4.98 Å². The summed E-state index contributed by atoms with van der Waals surface area (Å²) in [5, 5.41) is 2.47. The molecule has 0 aliphatic carbocycles. The Hall–Kier alpha value is -4.95. The molecule has 0 aliphatic heterocycles. The number of pyridine rings is 2. The fraction of sp³-hybridized carbons (Fsp3) is 0.235. The van der Waals surface area contributed by atoms with E-state index in [-0.39, 0.29) is 25.9 Å². The predicted molar refractivity (Wildman–Crippen MR) is 242 cm³/mol. The minimum Gasteiger partial charge on any atom is 0 e. The number of hydrogen-bond acceptors (Lipinski definition) is 4. The third-order valence-corrected chi connectivity index (χ3v) is 15.0. The summed E-state index contributed by atoms with van der Waals surface area (Å²) in [6.07, 6.45) is 2.00. The average Bonchev–Trinajstić information content (AvgIpc) is 3.77. The van der Waals surface area contributed by atoms with Gasteiger partial charge in [0.05, 0.1) is 28.0 Å². The molecule has 0 N–H and O–H groups in total. The zero-order valence-electron chi connectivity index (χ0n) is 36.0. The average molecular weight is 1020 g/mol. The number of hydrogen-bond donors (Lipinski definition) is 0. The van der Waals surface area contributed by atoms with E-state index in [1.807, 2.05) is 74.6 Å². The van der Waals surface area contributed by atoms with E-state index < -0.39 is 19.2 Å². The number of nitrogens with zero attached hydrogens (tertiary/aromatic N) is 4. The summed E-state index contributed by atoms with van der Waals surface area (Å²) in [6, 6.07) is 41.9. The first-order valence-electron chi connectivity index (χ1n) is 20.5. The molecule has 4 aromatic heterocycles. The molecule has 5 nitrogen and oxygen atoms in total. The first kappa shape index (κ1) is 40.8. The minimum atomic E-state index is -2.03. The molecule has 301 valence electrons. The van der Waals surface area contributed by atoms with Crippen molar-refractivity contribution >= 4 is 61.7 Å². The molecule has 59 heavy (non-hydrogen) atoms. The largest absolute Gasteiger partial charge is 0 e. The standard InChI is InChI=1S/C34H27FN3O.C17H22GeN.Ir/c1-19(2)23-9-7-10-24(20(3)4)31(23)38-30-14-6-5-13-29(30)36-33(38)26-12-8-11-25-27-18-21-17-22(35)15-16-28(21)37-34(27)39-32(25)26;1-13(2)15-11-17(14-9-7-6-8-10-14)19-12-16(15)18(3,4)5;/h5-11,13-20H,1-4H3;6-9,11-13H,1-5H3;/q2*-1;/i;13D;. The van der Waals surface area contributed by atoms with E-state index in [1.165, 1.54) is 27.7 Å². The van der Waals surface area contributed by atoms with Gasteiger partial charge in [-0.15, -0.1) is 18.2 Å². The summed E-state index contributed by atoms with van der Waals surface area (Å²) < 4.78 is 32.5. The number of benzene rings is 5. The Bertz CT molecular complexity index is 2970. The van der Waals surface area contributed by atoms with Crippen molar-refractivity contribution in [3.63, 3.8) is 0 Å². The van der Waals surface area contributed by atoms with Gasteiger partial charge in [-0.2, -0.15) is 0 Å². The van der Waals surface area contributed by atoms with Crippen molar-refractivity contribution in [2.45, 2.75) is 76.5 Å². The van der Waals surface area contributed by atoms with Gasteiger partial charge < -0.3 is 8.98 Å². The number of aromatic nitrogens is 4. The van der Waals surface area contributed by atoms with Gasteiger partial charge in [0.25, 0.3) is 0 Å². The molecule has 0 bridgehead atoms.